The van der Waals surface area contributed by atoms with Gasteiger partial charge in [-0.1, -0.05) is 45.7 Å². The van der Waals surface area contributed by atoms with Crippen LogP contribution in [0.3, 0.4) is 0 Å². The van der Waals surface area contributed by atoms with E-state index in [0.717, 1.165) is 11.1 Å². The highest BCUT2D eigenvalue weighted by Crippen LogP contribution is 2.29. The summed E-state index contributed by atoms with van der Waals surface area (Å²) < 4.78 is 6.51. The van der Waals surface area contributed by atoms with E-state index in [4.69, 9.17) is 21.9 Å². The number of carbonyl (C=O) groups is 1. The van der Waals surface area contributed by atoms with Gasteiger partial charge in [0.15, 0.2) is 0 Å². The highest BCUT2D eigenvalue weighted by Gasteiger charge is 2.14. The molecule has 0 bridgehead atoms. The average molecular weight is 395 g/mol. The van der Waals surface area contributed by atoms with Gasteiger partial charge in [-0.3, -0.25) is 4.79 Å². The quantitative estimate of drug-likeness (QED) is 0.376. The van der Waals surface area contributed by atoms with Crippen molar-refractivity contribution in [2.75, 3.05) is 0 Å². The number of azide groups is 1. The molecule has 1 amide bonds. The average Bonchev–Trinajstić information content (AvgIpc) is 2.50. The maximum atomic E-state index is 11.9. The second kappa shape index (κ2) is 7.51. The van der Waals surface area contributed by atoms with E-state index in [1.165, 1.54) is 0 Å². The monoisotopic (exact) mass is 393 g/mol. The van der Waals surface area contributed by atoms with Gasteiger partial charge in [-0.15, -0.1) is 0 Å². The molecule has 118 valence electrons. The first-order chi connectivity index (χ1) is 10.9. The van der Waals surface area contributed by atoms with Crippen LogP contribution < -0.4 is 4.74 Å². The number of carbonyl (C=O) groups excluding carboxylic acids is 1. The lowest BCUT2D eigenvalue weighted by Gasteiger charge is -2.14. The minimum atomic E-state index is -0.647. The maximum absolute atomic E-state index is 11.9. The Kier molecular flexibility index (Phi) is 5.66. The largest absolute Gasteiger partial charge is 0.489 e. The van der Waals surface area contributed by atoms with E-state index in [1.807, 2.05) is 19.9 Å². The molecule has 0 atom stereocenters. The van der Waals surface area contributed by atoms with Crippen molar-refractivity contribution in [2.24, 2.45) is 5.11 Å². The number of hydrogen-bond acceptors (Lipinski definition) is 2. The molecule has 0 N–H and O–H groups in total. The Balaban J connectivity index is 2.32. The standard InChI is InChI=1S/C16H13BrClN3O2/c1-9-6-10(2)15(7-14(9)18)23-8-12-11(16(22)20-21-19)4-3-5-13(12)17/h3-7H,8H2,1-2H3. The van der Waals surface area contributed by atoms with Crippen molar-refractivity contribution in [1.29, 1.82) is 0 Å². The predicted octanol–water partition coefficient (Wildman–Crippen LogP) is 5.75. The third-order valence-corrected chi connectivity index (χ3v) is 4.46. The minimum absolute atomic E-state index is 0.143. The lowest BCUT2D eigenvalue weighted by atomic mass is 10.1. The third-order valence-electron chi connectivity index (χ3n) is 3.31. The normalized spacial score (nSPS) is 10.1. The van der Waals surface area contributed by atoms with Crippen molar-refractivity contribution in [3.8, 4) is 5.75 Å². The van der Waals surface area contributed by atoms with Crippen LogP contribution in [0, 0.1) is 13.8 Å². The zero-order valence-electron chi connectivity index (χ0n) is 12.5. The zero-order valence-corrected chi connectivity index (χ0v) is 14.8. The van der Waals surface area contributed by atoms with Gasteiger partial charge in [0.2, 0.25) is 5.91 Å². The van der Waals surface area contributed by atoms with Gasteiger partial charge in [-0.2, -0.15) is 0 Å². The first-order valence-corrected chi connectivity index (χ1v) is 7.87. The summed E-state index contributed by atoms with van der Waals surface area (Å²) in [7, 11) is 0. The van der Waals surface area contributed by atoms with Crippen LogP contribution in [0.1, 0.15) is 27.0 Å². The molecule has 2 aromatic rings. The zero-order chi connectivity index (χ0) is 17.0. The van der Waals surface area contributed by atoms with Crippen LogP contribution >= 0.6 is 27.5 Å². The molecule has 0 fully saturated rings. The molecule has 2 rings (SSSR count). The first kappa shape index (κ1) is 17.3. The first-order valence-electron chi connectivity index (χ1n) is 6.70. The fraction of sp³-hybridized carbons (Fsp3) is 0.188. The van der Waals surface area contributed by atoms with E-state index in [0.29, 0.717) is 26.4 Å². The van der Waals surface area contributed by atoms with Gasteiger partial charge in [0.1, 0.15) is 12.4 Å². The summed E-state index contributed by atoms with van der Waals surface area (Å²) in [5.41, 5.74) is 11.3. The summed E-state index contributed by atoms with van der Waals surface area (Å²) in [5, 5.41) is 3.75. The van der Waals surface area contributed by atoms with Crippen LogP contribution in [-0.4, -0.2) is 5.91 Å². The Hall–Kier alpha value is -2.01. The Labute approximate surface area is 147 Å². The molecule has 2 aromatic carbocycles. The molecule has 7 heteroatoms. The molecule has 0 heterocycles. The fourth-order valence-electron chi connectivity index (χ4n) is 2.11. The van der Waals surface area contributed by atoms with E-state index < -0.39 is 5.91 Å². The SMILES string of the molecule is Cc1cc(C)c(OCc2c(Br)cccc2C(=O)N=[N+]=[N-])cc1Cl. The van der Waals surface area contributed by atoms with Crippen molar-refractivity contribution in [3.05, 3.63) is 72.5 Å². The molecule has 0 aliphatic heterocycles. The van der Waals surface area contributed by atoms with Gasteiger partial charge in [0, 0.05) is 25.5 Å². The second-order valence-corrected chi connectivity index (χ2v) is 6.18. The summed E-state index contributed by atoms with van der Waals surface area (Å²) in [5.74, 6) is -0.00963. The summed E-state index contributed by atoms with van der Waals surface area (Å²) in [6, 6.07) is 8.76. The fourth-order valence-corrected chi connectivity index (χ4v) is 2.75. The van der Waals surface area contributed by atoms with Crippen LogP contribution in [0.15, 0.2) is 39.9 Å². The number of halogens is 2. The van der Waals surface area contributed by atoms with Crippen LogP contribution in [0.2, 0.25) is 5.02 Å². The van der Waals surface area contributed by atoms with E-state index in [9.17, 15) is 4.79 Å². The molecule has 0 radical (unpaired) electrons. The number of hydrogen-bond donors (Lipinski definition) is 0. The van der Waals surface area contributed by atoms with Crippen LogP contribution in [-0.2, 0) is 6.61 Å². The van der Waals surface area contributed by atoms with Gasteiger partial charge in [0.25, 0.3) is 0 Å². The summed E-state index contributed by atoms with van der Waals surface area (Å²) >= 11 is 9.51. The lowest BCUT2D eigenvalue weighted by Crippen LogP contribution is -2.06. The third kappa shape index (κ3) is 4.05. The van der Waals surface area contributed by atoms with Crippen LogP contribution in [0.5, 0.6) is 5.75 Å². The molecule has 0 spiro atoms. The van der Waals surface area contributed by atoms with Crippen LogP contribution in [0.4, 0.5) is 0 Å². The number of amides is 1. The summed E-state index contributed by atoms with van der Waals surface area (Å²) in [4.78, 5) is 14.4. The highest BCUT2D eigenvalue weighted by atomic mass is 79.9. The number of aryl methyl sites for hydroxylation is 2. The Morgan fingerprint density at radius 3 is 2.78 bits per heavy atom. The van der Waals surface area contributed by atoms with Crippen molar-refractivity contribution < 1.29 is 9.53 Å². The van der Waals surface area contributed by atoms with E-state index >= 15 is 0 Å². The van der Waals surface area contributed by atoms with Crippen LogP contribution in [0.25, 0.3) is 10.4 Å². The Morgan fingerprint density at radius 1 is 1.35 bits per heavy atom. The number of ether oxygens (including phenoxy) is 1. The molecular weight excluding hydrogens is 382 g/mol. The van der Waals surface area contributed by atoms with Gasteiger partial charge in [-0.05, 0) is 47.8 Å². The number of benzene rings is 2. The van der Waals surface area contributed by atoms with E-state index in [1.54, 1.807) is 24.3 Å². The van der Waals surface area contributed by atoms with Gasteiger partial charge in [-0.25, -0.2) is 0 Å². The molecular formula is C16H13BrClN3O2. The topological polar surface area (TPSA) is 75.1 Å². The summed E-state index contributed by atoms with van der Waals surface area (Å²) in [6.07, 6.45) is 0. The van der Waals surface area contributed by atoms with Crippen molar-refractivity contribution in [3.63, 3.8) is 0 Å². The van der Waals surface area contributed by atoms with Gasteiger partial charge in [0.05, 0.1) is 0 Å². The van der Waals surface area contributed by atoms with E-state index in [2.05, 4.69) is 26.0 Å². The smallest absolute Gasteiger partial charge is 0.249 e. The molecule has 0 aliphatic rings. The number of rotatable bonds is 4. The molecule has 0 unspecified atom stereocenters. The second-order valence-electron chi connectivity index (χ2n) is 4.92. The minimum Gasteiger partial charge on any atom is -0.489 e. The molecule has 0 saturated heterocycles. The molecule has 5 nitrogen and oxygen atoms in total. The van der Waals surface area contributed by atoms with Crippen molar-refractivity contribution in [1.82, 2.24) is 0 Å². The van der Waals surface area contributed by atoms with Gasteiger partial charge >= 0.3 is 0 Å². The molecule has 23 heavy (non-hydrogen) atoms. The van der Waals surface area contributed by atoms with Gasteiger partial charge < -0.3 is 4.74 Å². The molecule has 0 aromatic heterocycles. The van der Waals surface area contributed by atoms with Crippen molar-refractivity contribution >= 4 is 33.4 Å². The van der Waals surface area contributed by atoms with Crippen molar-refractivity contribution in [2.45, 2.75) is 20.5 Å². The molecule has 0 saturated carbocycles. The Morgan fingerprint density at radius 2 is 2.09 bits per heavy atom. The highest BCUT2D eigenvalue weighted by molar-refractivity contribution is 9.10. The Bertz CT molecular complexity index is 817. The van der Waals surface area contributed by atoms with E-state index in [-0.39, 0.29) is 6.61 Å². The summed E-state index contributed by atoms with van der Waals surface area (Å²) in [6.45, 7) is 3.98. The maximum Gasteiger partial charge on any atom is 0.249 e. The predicted molar refractivity (Wildman–Crippen MR) is 92.9 cm³/mol. The number of nitrogens with zero attached hydrogens (tertiary/aromatic N) is 3. The lowest BCUT2D eigenvalue weighted by molar-refractivity contribution is 0.0998. The molecule has 0 aliphatic carbocycles.